The van der Waals surface area contributed by atoms with Crippen molar-refractivity contribution in [2.24, 2.45) is 0 Å². The van der Waals surface area contributed by atoms with Crippen LogP contribution in [0.4, 0.5) is 23.1 Å². The SMILES string of the molecule is Cc1cc(Nc2ccc(N(C)C)cc2)nc(N(Cc2ccccc2)C(C)C)n1. The summed E-state index contributed by atoms with van der Waals surface area (Å²) in [5.74, 6) is 1.55. The van der Waals surface area contributed by atoms with Crippen molar-refractivity contribution in [3.8, 4) is 0 Å². The quantitative estimate of drug-likeness (QED) is 0.629. The predicted octanol–water partition coefficient (Wildman–Crippen LogP) is 5.01. The molecule has 0 amide bonds. The third-order valence-electron chi connectivity index (χ3n) is 4.57. The summed E-state index contributed by atoms with van der Waals surface area (Å²) >= 11 is 0. The number of aromatic nitrogens is 2. The Morgan fingerprint density at radius 1 is 0.929 bits per heavy atom. The van der Waals surface area contributed by atoms with Crippen LogP contribution in [-0.4, -0.2) is 30.1 Å². The second-order valence-electron chi connectivity index (χ2n) is 7.47. The topological polar surface area (TPSA) is 44.3 Å². The van der Waals surface area contributed by atoms with Crippen molar-refractivity contribution in [3.63, 3.8) is 0 Å². The van der Waals surface area contributed by atoms with Gasteiger partial charge in [0.05, 0.1) is 0 Å². The number of aryl methyl sites for hydroxylation is 1. The van der Waals surface area contributed by atoms with E-state index in [1.807, 2.05) is 33.2 Å². The third-order valence-corrected chi connectivity index (χ3v) is 4.57. The highest BCUT2D eigenvalue weighted by atomic mass is 15.3. The summed E-state index contributed by atoms with van der Waals surface area (Å²) in [4.78, 5) is 13.8. The highest BCUT2D eigenvalue weighted by Gasteiger charge is 2.15. The molecule has 0 fully saturated rings. The predicted molar refractivity (Wildman–Crippen MR) is 119 cm³/mol. The van der Waals surface area contributed by atoms with Gasteiger partial charge in [0.2, 0.25) is 5.95 Å². The molecule has 0 saturated carbocycles. The van der Waals surface area contributed by atoms with Crippen LogP contribution in [0.5, 0.6) is 0 Å². The molecule has 1 heterocycles. The van der Waals surface area contributed by atoms with Crippen molar-refractivity contribution in [2.45, 2.75) is 33.4 Å². The van der Waals surface area contributed by atoms with Crippen LogP contribution < -0.4 is 15.1 Å². The molecule has 3 rings (SSSR count). The molecular weight excluding hydrogens is 346 g/mol. The summed E-state index contributed by atoms with van der Waals surface area (Å²) in [6, 6.07) is 21.0. The van der Waals surface area contributed by atoms with E-state index in [0.29, 0.717) is 0 Å². The lowest BCUT2D eigenvalue weighted by atomic mass is 10.2. The van der Waals surface area contributed by atoms with Crippen LogP contribution >= 0.6 is 0 Å². The highest BCUT2D eigenvalue weighted by Crippen LogP contribution is 2.23. The molecule has 1 N–H and O–H groups in total. The van der Waals surface area contributed by atoms with E-state index < -0.39 is 0 Å². The fourth-order valence-corrected chi connectivity index (χ4v) is 3.00. The Labute approximate surface area is 168 Å². The van der Waals surface area contributed by atoms with E-state index in [4.69, 9.17) is 9.97 Å². The zero-order valence-corrected chi connectivity index (χ0v) is 17.3. The molecule has 5 heteroatoms. The Bertz CT molecular complexity index is 889. The Hall–Kier alpha value is -3.08. The van der Waals surface area contributed by atoms with Gasteiger partial charge in [-0.1, -0.05) is 30.3 Å². The van der Waals surface area contributed by atoms with Gasteiger partial charge in [0.15, 0.2) is 0 Å². The monoisotopic (exact) mass is 375 g/mol. The molecule has 28 heavy (non-hydrogen) atoms. The number of nitrogens with zero attached hydrogens (tertiary/aromatic N) is 4. The molecule has 5 nitrogen and oxygen atoms in total. The minimum atomic E-state index is 0.286. The lowest BCUT2D eigenvalue weighted by molar-refractivity contribution is 0.659. The van der Waals surface area contributed by atoms with Gasteiger partial charge in [0.25, 0.3) is 0 Å². The van der Waals surface area contributed by atoms with Crippen LogP contribution in [-0.2, 0) is 6.54 Å². The molecule has 0 aliphatic heterocycles. The second-order valence-corrected chi connectivity index (χ2v) is 7.47. The number of hydrogen-bond donors (Lipinski definition) is 1. The molecule has 146 valence electrons. The Morgan fingerprint density at radius 3 is 2.21 bits per heavy atom. The van der Waals surface area contributed by atoms with Gasteiger partial charge in [-0.3, -0.25) is 0 Å². The zero-order valence-electron chi connectivity index (χ0n) is 17.3. The highest BCUT2D eigenvalue weighted by molar-refractivity contribution is 5.61. The van der Waals surface area contributed by atoms with E-state index in [0.717, 1.165) is 29.7 Å². The normalized spacial score (nSPS) is 10.8. The van der Waals surface area contributed by atoms with Crippen LogP contribution in [0.2, 0.25) is 0 Å². The number of anilines is 4. The fourth-order valence-electron chi connectivity index (χ4n) is 3.00. The molecule has 0 aliphatic carbocycles. The maximum absolute atomic E-state index is 4.80. The van der Waals surface area contributed by atoms with E-state index in [9.17, 15) is 0 Å². The second kappa shape index (κ2) is 8.74. The summed E-state index contributed by atoms with van der Waals surface area (Å²) < 4.78 is 0. The third kappa shape index (κ3) is 5.00. The molecule has 0 aliphatic rings. The molecular formula is C23H29N5. The molecule has 2 aromatic carbocycles. The fraction of sp³-hybridized carbons (Fsp3) is 0.304. The van der Waals surface area contributed by atoms with Crippen molar-refractivity contribution in [1.82, 2.24) is 9.97 Å². The molecule has 0 unspecified atom stereocenters. The van der Waals surface area contributed by atoms with Crippen molar-refractivity contribution in [2.75, 3.05) is 29.2 Å². The average molecular weight is 376 g/mol. The van der Waals surface area contributed by atoms with E-state index in [2.05, 4.69) is 77.5 Å². The summed E-state index contributed by atoms with van der Waals surface area (Å²) in [5, 5.41) is 3.41. The number of hydrogen-bond acceptors (Lipinski definition) is 5. The summed E-state index contributed by atoms with van der Waals surface area (Å²) in [5.41, 5.74) is 4.36. The molecule has 0 bridgehead atoms. The Kier molecular flexibility index (Phi) is 6.14. The van der Waals surface area contributed by atoms with Crippen LogP contribution in [0.3, 0.4) is 0 Å². The molecule has 0 radical (unpaired) electrons. The maximum Gasteiger partial charge on any atom is 0.228 e. The van der Waals surface area contributed by atoms with Gasteiger partial charge >= 0.3 is 0 Å². The van der Waals surface area contributed by atoms with E-state index in [-0.39, 0.29) is 6.04 Å². The van der Waals surface area contributed by atoms with Gasteiger partial charge in [-0.05, 0) is 50.6 Å². The van der Waals surface area contributed by atoms with E-state index in [1.54, 1.807) is 0 Å². The first-order chi connectivity index (χ1) is 13.4. The zero-order chi connectivity index (χ0) is 20.1. The first-order valence-electron chi connectivity index (χ1n) is 9.63. The smallest absolute Gasteiger partial charge is 0.228 e. The first kappa shape index (κ1) is 19.7. The summed E-state index contributed by atoms with van der Waals surface area (Å²) in [6.45, 7) is 7.12. The van der Waals surface area contributed by atoms with Crippen molar-refractivity contribution in [3.05, 3.63) is 71.9 Å². The first-order valence-corrected chi connectivity index (χ1v) is 9.63. The molecule has 3 aromatic rings. The van der Waals surface area contributed by atoms with Crippen LogP contribution in [0.15, 0.2) is 60.7 Å². The summed E-state index contributed by atoms with van der Waals surface area (Å²) in [7, 11) is 4.07. The molecule has 0 saturated heterocycles. The van der Waals surface area contributed by atoms with E-state index in [1.165, 1.54) is 11.3 Å². The van der Waals surface area contributed by atoms with E-state index >= 15 is 0 Å². The number of nitrogens with one attached hydrogen (secondary N) is 1. The van der Waals surface area contributed by atoms with Crippen molar-refractivity contribution < 1.29 is 0 Å². The average Bonchev–Trinajstić information content (AvgIpc) is 2.66. The molecule has 1 aromatic heterocycles. The molecule has 0 spiro atoms. The van der Waals surface area contributed by atoms with Gasteiger partial charge in [0, 0.05) is 49.8 Å². The largest absolute Gasteiger partial charge is 0.378 e. The number of benzene rings is 2. The van der Waals surface area contributed by atoms with Gasteiger partial charge in [0.1, 0.15) is 5.82 Å². The minimum Gasteiger partial charge on any atom is -0.378 e. The van der Waals surface area contributed by atoms with Crippen molar-refractivity contribution in [1.29, 1.82) is 0 Å². The minimum absolute atomic E-state index is 0.286. The lowest BCUT2D eigenvalue weighted by Crippen LogP contribution is -2.32. The Balaban J connectivity index is 1.84. The number of rotatable bonds is 7. The van der Waals surface area contributed by atoms with Crippen LogP contribution in [0.1, 0.15) is 25.1 Å². The Morgan fingerprint density at radius 2 is 1.61 bits per heavy atom. The van der Waals surface area contributed by atoms with Gasteiger partial charge in [-0.25, -0.2) is 4.98 Å². The molecule has 0 atom stereocenters. The van der Waals surface area contributed by atoms with Gasteiger partial charge in [-0.2, -0.15) is 4.98 Å². The van der Waals surface area contributed by atoms with Crippen molar-refractivity contribution >= 4 is 23.1 Å². The standard InChI is InChI=1S/C23H29N5/c1-17(2)28(16-19-9-7-6-8-10-19)23-24-18(3)15-22(26-23)25-20-11-13-21(14-12-20)27(4)5/h6-15,17H,16H2,1-5H3,(H,24,25,26). The van der Waals surface area contributed by atoms with Gasteiger partial charge < -0.3 is 15.1 Å². The van der Waals surface area contributed by atoms with Crippen LogP contribution in [0, 0.1) is 6.92 Å². The van der Waals surface area contributed by atoms with Gasteiger partial charge in [-0.15, -0.1) is 0 Å². The lowest BCUT2D eigenvalue weighted by Gasteiger charge is -2.27. The maximum atomic E-state index is 4.80. The summed E-state index contributed by atoms with van der Waals surface area (Å²) in [6.07, 6.45) is 0. The van der Waals surface area contributed by atoms with Crippen LogP contribution in [0.25, 0.3) is 0 Å².